The second kappa shape index (κ2) is 3.24. The third-order valence-corrected chi connectivity index (χ3v) is 2.75. The maximum atomic E-state index is 13.4. The molecule has 2 heterocycles. The van der Waals surface area contributed by atoms with Crippen LogP contribution in [-0.2, 0) is 0 Å². The zero-order chi connectivity index (χ0) is 11.1. The monoisotopic (exact) mass is 216 g/mol. The van der Waals surface area contributed by atoms with E-state index in [9.17, 15) is 4.39 Å². The van der Waals surface area contributed by atoms with Crippen LogP contribution in [0.5, 0.6) is 0 Å². The van der Waals surface area contributed by atoms with Crippen LogP contribution in [0.4, 0.5) is 10.4 Å². The number of hydrogen-bond acceptors (Lipinski definition) is 3. The van der Waals surface area contributed by atoms with Crippen molar-refractivity contribution in [3.8, 4) is 12.3 Å². The Morgan fingerprint density at radius 3 is 2.88 bits per heavy atom. The number of benzene rings is 1. The standard InChI is InChI=1S/C12H9FN2O/c1-2-8-6-10-11(7-9(8)13)16-12(14-10)15-4-3-5-15/h1,6-7H,3-5H2. The number of hydrogen-bond donors (Lipinski definition) is 0. The van der Waals surface area contributed by atoms with Crippen LogP contribution in [0.15, 0.2) is 16.5 Å². The van der Waals surface area contributed by atoms with E-state index in [1.807, 2.05) is 4.90 Å². The summed E-state index contributed by atoms with van der Waals surface area (Å²) in [7, 11) is 0. The number of aromatic nitrogens is 1. The number of nitrogens with zero attached hydrogens (tertiary/aromatic N) is 2. The second-order valence-corrected chi connectivity index (χ2v) is 3.78. The summed E-state index contributed by atoms with van der Waals surface area (Å²) in [4.78, 5) is 6.29. The van der Waals surface area contributed by atoms with Crippen molar-refractivity contribution in [2.24, 2.45) is 0 Å². The number of anilines is 1. The quantitative estimate of drug-likeness (QED) is 0.684. The highest BCUT2D eigenvalue weighted by Crippen LogP contribution is 2.26. The van der Waals surface area contributed by atoms with E-state index in [0.717, 1.165) is 19.5 Å². The Morgan fingerprint density at radius 1 is 1.44 bits per heavy atom. The molecule has 3 nitrogen and oxygen atoms in total. The minimum Gasteiger partial charge on any atom is -0.423 e. The van der Waals surface area contributed by atoms with E-state index >= 15 is 0 Å². The van der Waals surface area contributed by atoms with Gasteiger partial charge in [-0.05, 0) is 12.5 Å². The number of rotatable bonds is 1. The van der Waals surface area contributed by atoms with Crippen molar-refractivity contribution < 1.29 is 8.81 Å². The molecule has 80 valence electrons. The molecule has 1 aromatic carbocycles. The maximum absolute atomic E-state index is 13.4. The SMILES string of the molecule is C#Cc1cc2nc(N3CCC3)oc2cc1F. The summed E-state index contributed by atoms with van der Waals surface area (Å²) in [5.74, 6) is 1.84. The number of terminal acetylenes is 1. The molecule has 16 heavy (non-hydrogen) atoms. The molecule has 0 saturated carbocycles. The summed E-state index contributed by atoms with van der Waals surface area (Å²) in [6, 6.07) is 3.38. The fourth-order valence-electron chi connectivity index (χ4n) is 1.69. The van der Waals surface area contributed by atoms with Gasteiger partial charge in [0, 0.05) is 19.2 Å². The van der Waals surface area contributed by atoms with Gasteiger partial charge >= 0.3 is 0 Å². The smallest absolute Gasteiger partial charge is 0.298 e. The van der Waals surface area contributed by atoms with Crippen LogP contribution in [0.3, 0.4) is 0 Å². The number of oxazole rings is 1. The lowest BCUT2D eigenvalue weighted by molar-refractivity contribution is 0.509. The highest BCUT2D eigenvalue weighted by Gasteiger charge is 2.20. The summed E-state index contributed by atoms with van der Waals surface area (Å²) in [5, 5.41) is 0. The van der Waals surface area contributed by atoms with Crippen LogP contribution in [0, 0.1) is 18.2 Å². The van der Waals surface area contributed by atoms with Crippen LogP contribution in [0.25, 0.3) is 11.1 Å². The average molecular weight is 216 g/mol. The normalized spacial score (nSPS) is 14.9. The summed E-state index contributed by atoms with van der Waals surface area (Å²) >= 11 is 0. The Hall–Kier alpha value is -2.02. The molecular formula is C12H9FN2O. The minimum absolute atomic E-state index is 0.218. The third kappa shape index (κ3) is 1.25. The van der Waals surface area contributed by atoms with Gasteiger partial charge in [0.2, 0.25) is 0 Å². The zero-order valence-electron chi connectivity index (χ0n) is 8.53. The molecule has 1 aliphatic rings. The van der Waals surface area contributed by atoms with Crippen molar-refractivity contribution in [1.82, 2.24) is 4.98 Å². The molecule has 0 unspecified atom stereocenters. The molecule has 0 amide bonds. The fourth-order valence-corrected chi connectivity index (χ4v) is 1.69. The van der Waals surface area contributed by atoms with Gasteiger partial charge in [-0.15, -0.1) is 6.42 Å². The van der Waals surface area contributed by atoms with Gasteiger partial charge in [-0.25, -0.2) is 4.39 Å². The topological polar surface area (TPSA) is 29.3 Å². The molecular weight excluding hydrogens is 207 g/mol. The molecule has 4 heteroatoms. The van der Waals surface area contributed by atoms with E-state index in [2.05, 4.69) is 10.9 Å². The first-order chi connectivity index (χ1) is 7.78. The first kappa shape index (κ1) is 9.22. The van der Waals surface area contributed by atoms with Gasteiger partial charge in [-0.3, -0.25) is 0 Å². The lowest BCUT2D eigenvalue weighted by Gasteiger charge is -2.28. The molecule has 0 spiro atoms. The van der Waals surface area contributed by atoms with Gasteiger partial charge in [0.1, 0.15) is 11.3 Å². The van der Waals surface area contributed by atoms with Crippen molar-refractivity contribution in [2.75, 3.05) is 18.0 Å². The molecule has 1 aliphatic heterocycles. The molecule has 0 aliphatic carbocycles. The van der Waals surface area contributed by atoms with Crippen molar-refractivity contribution in [2.45, 2.75) is 6.42 Å². The minimum atomic E-state index is -0.443. The van der Waals surface area contributed by atoms with Crippen molar-refractivity contribution in [3.05, 3.63) is 23.5 Å². The molecule has 3 rings (SSSR count). The lowest BCUT2D eigenvalue weighted by Crippen LogP contribution is -2.37. The van der Waals surface area contributed by atoms with Gasteiger partial charge in [-0.2, -0.15) is 4.98 Å². The molecule has 1 aromatic heterocycles. The highest BCUT2D eigenvalue weighted by atomic mass is 19.1. The van der Waals surface area contributed by atoms with Crippen LogP contribution in [0.1, 0.15) is 12.0 Å². The number of fused-ring (bicyclic) bond motifs is 1. The third-order valence-electron chi connectivity index (χ3n) is 2.75. The Labute approximate surface area is 91.9 Å². The zero-order valence-corrected chi connectivity index (χ0v) is 8.53. The maximum Gasteiger partial charge on any atom is 0.298 e. The van der Waals surface area contributed by atoms with E-state index in [0.29, 0.717) is 17.1 Å². The second-order valence-electron chi connectivity index (χ2n) is 3.78. The molecule has 0 atom stereocenters. The van der Waals surface area contributed by atoms with Crippen molar-refractivity contribution in [3.63, 3.8) is 0 Å². The lowest BCUT2D eigenvalue weighted by atomic mass is 10.2. The van der Waals surface area contributed by atoms with Gasteiger partial charge in [0.05, 0.1) is 5.56 Å². The van der Waals surface area contributed by atoms with Gasteiger partial charge in [0.25, 0.3) is 6.01 Å². The predicted octanol–water partition coefficient (Wildman–Crippen LogP) is 2.16. The average Bonchev–Trinajstić information content (AvgIpc) is 2.55. The summed E-state index contributed by atoms with van der Waals surface area (Å²) in [6.45, 7) is 1.88. The van der Waals surface area contributed by atoms with Crippen LogP contribution < -0.4 is 4.90 Å². The molecule has 0 bridgehead atoms. The van der Waals surface area contributed by atoms with Crippen LogP contribution in [-0.4, -0.2) is 18.1 Å². The largest absolute Gasteiger partial charge is 0.423 e. The summed E-state index contributed by atoms with van der Waals surface area (Å²) in [5.41, 5.74) is 1.27. The Bertz CT molecular complexity index is 593. The van der Waals surface area contributed by atoms with E-state index < -0.39 is 5.82 Å². The van der Waals surface area contributed by atoms with Gasteiger partial charge in [0.15, 0.2) is 5.58 Å². The van der Waals surface area contributed by atoms with E-state index in [1.165, 1.54) is 12.1 Å². The predicted molar refractivity (Wildman–Crippen MR) is 58.7 cm³/mol. The highest BCUT2D eigenvalue weighted by molar-refractivity contribution is 5.76. The van der Waals surface area contributed by atoms with E-state index in [1.54, 1.807) is 0 Å². The number of halogens is 1. The molecule has 1 fully saturated rings. The van der Waals surface area contributed by atoms with E-state index in [-0.39, 0.29) is 5.56 Å². The Morgan fingerprint density at radius 2 is 2.25 bits per heavy atom. The van der Waals surface area contributed by atoms with Crippen molar-refractivity contribution in [1.29, 1.82) is 0 Å². The summed E-state index contributed by atoms with van der Waals surface area (Å²) < 4.78 is 18.8. The Kier molecular flexibility index (Phi) is 1.87. The van der Waals surface area contributed by atoms with Crippen molar-refractivity contribution >= 4 is 17.1 Å². The fraction of sp³-hybridized carbons (Fsp3) is 0.250. The first-order valence-electron chi connectivity index (χ1n) is 5.09. The van der Waals surface area contributed by atoms with E-state index in [4.69, 9.17) is 10.8 Å². The molecule has 2 aromatic rings. The molecule has 1 saturated heterocycles. The first-order valence-corrected chi connectivity index (χ1v) is 5.09. The Balaban J connectivity index is 2.13. The summed E-state index contributed by atoms with van der Waals surface area (Å²) in [6.07, 6.45) is 6.33. The molecule has 0 radical (unpaired) electrons. The van der Waals surface area contributed by atoms with Gasteiger partial charge in [-0.1, -0.05) is 5.92 Å². The van der Waals surface area contributed by atoms with Crippen LogP contribution in [0.2, 0.25) is 0 Å². The van der Waals surface area contributed by atoms with Gasteiger partial charge < -0.3 is 9.32 Å². The molecule has 0 N–H and O–H groups in total. The van der Waals surface area contributed by atoms with Crippen LogP contribution >= 0.6 is 0 Å².